The molecule has 2 aromatic rings. The number of fused-ring (bicyclic) bond motifs is 1. The number of likely N-dealkylation sites (N-methyl/N-ethyl adjacent to an activating group) is 1. The summed E-state index contributed by atoms with van der Waals surface area (Å²) in [5, 5.41) is 2.47. The van der Waals surface area contributed by atoms with Crippen molar-refractivity contribution < 1.29 is 4.79 Å². The van der Waals surface area contributed by atoms with Gasteiger partial charge in [-0.3, -0.25) is 9.69 Å². The van der Waals surface area contributed by atoms with Gasteiger partial charge in [-0.15, -0.1) is 0 Å². The lowest BCUT2D eigenvalue weighted by Gasteiger charge is -2.24. The number of carbonyl (C=O) groups is 1. The van der Waals surface area contributed by atoms with E-state index in [1.54, 1.807) is 0 Å². The van der Waals surface area contributed by atoms with Crippen LogP contribution in [0.4, 0.5) is 0 Å². The second kappa shape index (κ2) is 7.60. The zero-order chi connectivity index (χ0) is 16.1. The van der Waals surface area contributed by atoms with Crippen LogP contribution >= 0.6 is 0 Å². The molecule has 0 N–H and O–H groups in total. The monoisotopic (exact) mass is 310 g/mol. The van der Waals surface area contributed by atoms with Gasteiger partial charge in [0, 0.05) is 13.6 Å². The molecule has 3 rings (SSSR count). The van der Waals surface area contributed by atoms with Gasteiger partial charge in [0.15, 0.2) is 0 Å². The summed E-state index contributed by atoms with van der Waals surface area (Å²) < 4.78 is 0. The van der Waals surface area contributed by atoms with Gasteiger partial charge in [-0.05, 0) is 42.3 Å². The third-order valence-electron chi connectivity index (χ3n) is 4.77. The van der Waals surface area contributed by atoms with E-state index in [9.17, 15) is 4.79 Å². The van der Waals surface area contributed by atoms with Crippen LogP contribution in [0, 0.1) is 0 Å². The van der Waals surface area contributed by atoms with E-state index in [2.05, 4.69) is 47.4 Å². The van der Waals surface area contributed by atoms with Crippen LogP contribution in [0.1, 0.15) is 31.2 Å². The van der Waals surface area contributed by atoms with E-state index < -0.39 is 0 Å². The molecule has 3 nitrogen and oxygen atoms in total. The average molecular weight is 310 g/mol. The molecule has 122 valence electrons. The predicted octanol–water partition coefficient (Wildman–Crippen LogP) is 3.67. The number of amides is 1. The Morgan fingerprint density at radius 1 is 1.00 bits per heavy atom. The Kier molecular flexibility index (Phi) is 5.29. The summed E-state index contributed by atoms with van der Waals surface area (Å²) in [6.45, 7) is 3.36. The Bertz CT molecular complexity index is 654. The molecule has 0 aliphatic carbocycles. The topological polar surface area (TPSA) is 23.6 Å². The minimum Gasteiger partial charge on any atom is -0.340 e. The first-order valence-electron chi connectivity index (χ1n) is 8.67. The molecular formula is C20H26N2O. The van der Waals surface area contributed by atoms with Crippen molar-refractivity contribution in [2.24, 2.45) is 0 Å². The maximum atomic E-state index is 12.5. The summed E-state index contributed by atoms with van der Waals surface area (Å²) in [5.41, 5.74) is 1.22. The van der Waals surface area contributed by atoms with Gasteiger partial charge < -0.3 is 4.90 Å². The molecule has 1 aliphatic rings. The van der Waals surface area contributed by atoms with Crippen LogP contribution in [-0.4, -0.2) is 42.4 Å². The summed E-state index contributed by atoms with van der Waals surface area (Å²) in [6.07, 6.45) is 5.05. The third kappa shape index (κ3) is 4.11. The Hall–Kier alpha value is -1.87. The fraction of sp³-hybridized carbons (Fsp3) is 0.450. The average Bonchev–Trinajstić information content (AvgIpc) is 2.84. The van der Waals surface area contributed by atoms with Gasteiger partial charge in [0.2, 0.25) is 5.91 Å². The summed E-state index contributed by atoms with van der Waals surface area (Å²) >= 11 is 0. The van der Waals surface area contributed by atoms with Crippen LogP contribution in [0.25, 0.3) is 10.8 Å². The molecule has 1 heterocycles. The van der Waals surface area contributed by atoms with E-state index in [0.717, 1.165) is 13.1 Å². The Morgan fingerprint density at radius 2 is 1.70 bits per heavy atom. The van der Waals surface area contributed by atoms with Gasteiger partial charge in [-0.25, -0.2) is 0 Å². The molecule has 1 fully saturated rings. The first-order valence-corrected chi connectivity index (χ1v) is 8.67. The van der Waals surface area contributed by atoms with E-state index in [0.29, 0.717) is 13.1 Å². The number of hydrogen-bond acceptors (Lipinski definition) is 2. The van der Waals surface area contributed by atoms with Crippen LogP contribution < -0.4 is 0 Å². The smallest absolute Gasteiger partial charge is 0.236 e. The van der Waals surface area contributed by atoms with Gasteiger partial charge in [0.1, 0.15) is 0 Å². The highest BCUT2D eigenvalue weighted by Gasteiger charge is 2.16. The highest BCUT2D eigenvalue weighted by Crippen LogP contribution is 2.19. The van der Waals surface area contributed by atoms with Crippen molar-refractivity contribution >= 4 is 16.7 Å². The van der Waals surface area contributed by atoms with Gasteiger partial charge in [0.25, 0.3) is 0 Å². The number of nitrogens with zero attached hydrogens (tertiary/aromatic N) is 2. The van der Waals surface area contributed by atoms with E-state index in [4.69, 9.17) is 0 Å². The highest BCUT2D eigenvalue weighted by molar-refractivity contribution is 5.86. The second-order valence-corrected chi connectivity index (χ2v) is 6.58. The standard InChI is InChI=1S/C20H26N2O/c1-21(20(23)16-22-13-6-2-3-7-14-22)15-18-11-8-10-17-9-4-5-12-19(17)18/h4-5,8-12H,2-3,6-7,13-16H2,1H3. The van der Waals surface area contributed by atoms with Crippen LogP contribution in [0.3, 0.4) is 0 Å². The third-order valence-corrected chi connectivity index (χ3v) is 4.77. The lowest BCUT2D eigenvalue weighted by molar-refractivity contribution is -0.131. The van der Waals surface area contributed by atoms with Gasteiger partial charge in [-0.1, -0.05) is 55.3 Å². The maximum absolute atomic E-state index is 12.5. The first-order chi connectivity index (χ1) is 11.2. The molecule has 23 heavy (non-hydrogen) atoms. The van der Waals surface area contributed by atoms with Crippen molar-refractivity contribution in [3.05, 3.63) is 48.0 Å². The Labute approximate surface area is 138 Å². The number of hydrogen-bond donors (Lipinski definition) is 0. The van der Waals surface area contributed by atoms with Crippen molar-refractivity contribution in [2.45, 2.75) is 32.2 Å². The second-order valence-electron chi connectivity index (χ2n) is 6.58. The lowest BCUT2D eigenvalue weighted by Crippen LogP contribution is -2.38. The molecule has 0 spiro atoms. The largest absolute Gasteiger partial charge is 0.340 e. The van der Waals surface area contributed by atoms with Crippen LogP contribution in [0.5, 0.6) is 0 Å². The molecule has 1 saturated heterocycles. The van der Waals surface area contributed by atoms with Gasteiger partial charge in [0.05, 0.1) is 6.54 Å². The molecule has 0 radical (unpaired) electrons. The Balaban J connectivity index is 1.65. The fourth-order valence-corrected chi connectivity index (χ4v) is 3.38. The number of likely N-dealkylation sites (tertiary alicyclic amines) is 1. The number of carbonyl (C=O) groups excluding carboxylic acids is 1. The van der Waals surface area contributed by atoms with Gasteiger partial charge in [-0.2, -0.15) is 0 Å². The van der Waals surface area contributed by atoms with E-state index in [1.807, 2.05) is 11.9 Å². The van der Waals surface area contributed by atoms with Gasteiger partial charge >= 0.3 is 0 Å². The highest BCUT2D eigenvalue weighted by atomic mass is 16.2. The van der Waals surface area contributed by atoms with Crippen LogP contribution in [-0.2, 0) is 11.3 Å². The summed E-state index contributed by atoms with van der Waals surface area (Å²) in [7, 11) is 1.92. The van der Waals surface area contributed by atoms with Crippen molar-refractivity contribution in [3.8, 4) is 0 Å². The molecule has 1 amide bonds. The van der Waals surface area contributed by atoms with E-state index >= 15 is 0 Å². The molecule has 0 aromatic heterocycles. The van der Waals surface area contributed by atoms with Crippen LogP contribution in [0.2, 0.25) is 0 Å². The van der Waals surface area contributed by atoms with Crippen molar-refractivity contribution in [1.82, 2.24) is 9.80 Å². The minimum absolute atomic E-state index is 0.222. The van der Waals surface area contributed by atoms with E-state index in [1.165, 1.54) is 42.0 Å². The van der Waals surface area contributed by atoms with Crippen molar-refractivity contribution in [3.63, 3.8) is 0 Å². The zero-order valence-corrected chi connectivity index (χ0v) is 14.0. The molecule has 2 aromatic carbocycles. The fourth-order valence-electron chi connectivity index (χ4n) is 3.38. The number of rotatable bonds is 4. The molecule has 0 saturated carbocycles. The normalized spacial score (nSPS) is 16.2. The summed E-state index contributed by atoms with van der Waals surface area (Å²) in [6, 6.07) is 14.7. The molecule has 0 bridgehead atoms. The minimum atomic E-state index is 0.222. The Morgan fingerprint density at radius 3 is 2.48 bits per heavy atom. The molecule has 3 heteroatoms. The SMILES string of the molecule is CN(Cc1cccc2ccccc12)C(=O)CN1CCCCCC1. The molecule has 0 atom stereocenters. The summed E-state index contributed by atoms with van der Waals surface area (Å²) in [4.78, 5) is 16.7. The quantitative estimate of drug-likeness (QED) is 0.860. The van der Waals surface area contributed by atoms with Crippen molar-refractivity contribution in [2.75, 3.05) is 26.7 Å². The maximum Gasteiger partial charge on any atom is 0.236 e. The lowest BCUT2D eigenvalue weighted by atomic mass is 10.0. The summed E-state index contributed by atoms with van der Waals surface area (Å²) in [5.74, 6) is 0.222. The molecule has 0 unspecified atom stereocenters. The van der Waals surface area contributed by atoms with Crippen LogP contribution in [0.15, 0.2) is 42.5 Å². The first kappa shape index (κ1) is 16.0. The van der Waals surface area contributed by atoms with Crippen molar-refractivity contribution in [1.29, 1.82) is 0 Å². The zero-order valence-electron chi connectivity index (χ0n) is 14.0. The molecular weight excluding hydrogens is 284 g/mol. The predicted molar refractivity (Wildman–Crippen MR) is 95.3 cm³/mol. The number of benzene rings is 2. The molecule has 1 aliphatic heterocycles. The van der Waals surface area contributed by atoms with E-state index in [-0.39, 0.29) is 5.91 Å².